The highest BCUT2D eigenvalue weighted by Crippen LogP contribution is 2.45. The van der Waals surface area contributed by atoms with Crippen molar-refractivity contribution < 1.29 is 0 Å². The van der Waals surface area contributed by atoms with Crippen molar-refractivity contribution in [3.8, 4) is 0 Å². The van der Waals surface area contributed by atoms with E-state index in [0.717, 1.165) is 5.57 Å². The zero-order valence-corrected chi connectivity index (χ0v) is 10.3. The Labute approximate surface area is 101 Å². The number of alkyl halides is 2. The smallest absolute Gasteiger partial charge is 0.0965 e. The van der Waals surface area contributed by atoms with Crippen LogP contribution in [-0.2, 0) is 0 Å². The highest BCUT2D eigenvalue weighted by Gasteiger charge is 2.34. The highest BCUT2D eigenvalue weighted by atomic mass is 35.5. The van der Waals surface area contributed by atoms with Gasteiger partial charge in [0.05, 0.1) is 9.13 Å². The van der Waals surface area contributed by atoms with E-state index in [9.17, 15) is 0 Å². The topological polar surface area (TPSA) is 0 Å². The van der Waals surface area contributed by atoms with E-state index in [1.165, 1.54) is 16.7 Å². The van der Waals surface area contributed by atoms with Gasteiger partial charge in [-0.1, -0.05) is 59.2 Å². The van der Waals surface area contributed by atoms with E-state index < -0.39 is 3.96 Å². The summed E-state index contributed by atoms with van der Waals surface area (Å²) >= 11 is 12.6. The van der Waals surface area contributed by atoms with E-state index in [-0.39, 0.29) is 0 Å². The minimum atomic E-state index is -0.733. The summed E-state index contributed by atoms with van der Waals surface area (Å²) in [7, 11) is 0.430. The van der Waals surface area contributed by atoms with Gasteiger partial charge >= 0.3 is 0 Å². The van der Waals surface area contributed by atoms with Gasteiger partial charge in [-0.2, -0.15) is 0 Å². The Bertz CT molecular complexity index is 524. The lowest BCUT2D eigenvalue weighted by Gasteiger charge is -2.21. The van der Waals surface area contributed by atoms with E-state index in [1.807, 2.05) is 12.1 Å². The molecule has 3 heteroatoms. The molecule has 0 bridgehead atoms. The first-order chi connectivity index (χ1) is 7.18. The van der Waals surface area contributed by atoms with Crippen molar-refractivity contribution in [2.75, 3.05) is 0 Å². The minimum absolute atomic E-state index is 0.430. The number of hydrogen-bond donors (Lipinski definition) is 0. The summed E-state index contributed by atoms with van der Waals surface area (Å²) in [4.78, 5) is 0. The minimum Gasteiger partial charge on any atom is -0.0965 e. The van der Waals surface area contributed by atoms with Gasteiger partial charge in [0.2, 0.25) is 0 Å². The van der Waals surface area contributed by atoms with E-state index in [4.69, 9.17) is 23.2 Å². The fourth-order valence-electron chi connectivity index (χ4n) is 1.99. The fourth-order valence-corrected chi connectivity index (χ4v) is 3.51. The average molecular weight is 250 g/mol. The number of hydrogen-bond acceptors (Lipinski definition) is 0. The Morgan fingerprint density at radius 3 is 2.80 bits per heavy atom. The van der Waals surface area contributed by atoms with Gasteiger partial charge < -0.3 is 0 Å². The van der Waals surface area contributed by atoms with Gasteiger partial charge in [-0.15, -0.1) is 0 Å². The number of fused-ring (bicyclic) bond motifs is 3. The molecule has 15 heavy (non-hydrogen) atoms. The second-order valence-electron chi connectivity index (χ2n) is 3.61. The summed E-state index contributed by atoms with van der Waals surface area (Å²) in [6, 6.07) is 8.27. The van der Waals surface area contributed by atoms with Gasteiger partial charge in [-0.3, -0.25) is 0 Å². The molecule has 0 aromatic heterocycles. The summed E-state index contributed by atoms with van der Waals surface area (Å²) < 4.78 is -0.733. The molecule has 0 saturated carbocycles. The average Bonchev–Trinajstić information content (AvgIpc) is 2.58. The molecule has 1 aromatic rings. The molecule has 0 spiro atoms. The van der Waals surface area contributed by atoms with Crippen LogP contribution in [0.4, 0.5) is 0 Å². The van der Waals surface area contributed by atoms with E-state index >= 15 is 0 Å². The third kappa shape index (κ3) is 1.38. The summed E-state index contributed by atoms with van der Waals surface area (Å²) in [5.41, 5.74) is 6.74. The number of allylic oxidation sites excluding steroid dienone is 3. The molecule has 0 unspecified atom stereocenters. The molecular formula is C12H7Cl2Si. The molecule has 2 aliphatic rings. The van der Waals surface area contributed by atoms with Crippen molar-refractivity contribution in [2.24, 2.45) is 0 Å². The zero-order valence-electron chi connectivity index (χ0n) is 7.80. The maximum Gasteiger partial charge on any atom is 0.146 e. The SMILES string of the molecule is ClC1(Cl)[Si]=CC=C2C1=Cc1ccccc12. The van der Waals surface area contributed by atoms with Crippen molar-refractivity contribution >= 4 is 49.7 Å². The lowest BCUT2D eigenvalue weighted by molar-refractivity contribution is 1.37. The molecule has 0 N–H and O–H groups in total. The molecule has 1 radical (unpaired) electrons. The van der Waals surface area contributed by atoms with Gasteiger partial charge in [0.25, 0.3) is 0 Å². The van der Waals surface area contributed by atoms with Crippen LogP contribution in [0.2, 0.25) is 0 Å². The monoisotopic (exact) mass is 249 g/mol. The van der Waals surface area contributed by atoms with Gasteiger partial charge in [-0.05, 0) is 28.3 Å². The first-order valence-corrected chi connectivity index (χ1v) is 6.53. The van der Waals surface area contributed by atoms with Gasteiger partial charge in [-0.25, -0.2) is 0 Å². The maximum atomic E-state index is 6.30. The fraction of sp³-hybridized carbons (Fsp3) is 0.0833. The third-order valence-corrected chi connectivity index (χ3v) is 4.72. The van der Waals surface area contributed by atoms with Gasteiger partial charge in [0, 0.05) is 0 Å². The van der Waals surface area contributed by atoms with Crippen molar-refractivity contribution in [3.63, 3.8) is 0 Å². The number of benzene rings is 1. The lowest BCUT2D eigenvalue weighted by Crippen LogP contribution is -2.23. The predicted octanol–water partition coefficient (Wildman–Crippen LogP) is 3.12. The molecule has 0 atom stereocenters. The molecule has 1 aliphatic carbocycles. The summed E-state index contributed by atoms with van der Waals surface area (Å²) in [6.45, 7) is 0. The third-order valence-electron chi connectivity index (χ3n) is 2.69. The van der Waals surface area contributed by atoms with E-state index in [0.29, 0.717) is 9.13 Å². The first kappa shape index (κ1) is 9.58. The van der Waals surface area contributed by atoms with Crippen LogP contribution in [0, 0.1) is 0 Å². The Morgan fingerprint density at radius 1 is 1.13 bits per heavy atom. The molecule has 0 amide bonds. The van der Waals surface area contributed by atoms with Crippen LogP contribution in [0.5, 0.6) is 0 Å². The van der Waals surface area contributed by atoms with Crippen LogP contribution in [0.15, 0.2) is 35.9 Å². The molecule has 0 saturated heterocycles. The van der Waals surface area contributed by atoms with Crippen LogP contribution in [0.1, 0.15) is 11.1 Å². The standard InChI is InChI=1S/C12H7Cl2Si/c13-12(14)11-7-8-3-1-2-4-9(8)10(11)5-6-15-12/h1-7H. The Morgan fingerprint density at radius 2 is 1.93 bits per heavy atom. The van der Waals surface area contributed by atoms with E-state index in [1.54, 1.807) is 0 Å². The lowest BCUT2D eigenvalue weighted by atomic mass is 10.0. The largest absolute Gasteiger partial charge is 0.146 e. The van der Waals surface area contributed by atoms with E-state index in [2.05, 4.69) is 30.0 Å². The molecule has 0 fully saturated rings. The van der Waals surface area contributed by atoms with Crippen molar-refractivity contribution in [3.05, 3.63) is 47.0 Å². The second-order valence-corrected chi connectivity index (χ2v) is 6.94. The molecule has 1 aromatic carbocycles. The molecule has 1 heterocycles. The van der Waals surface area contributed by atoms with Crippen molar-refractivity contribution in [2.45, 2.75) is 3.96 Å². The molecule has 73 valence electrons. The molecule has 0 nitrogen and oxygen atoms in total. The number of halogens is 2. The molecule has 3 rings (SSSR count). The van der Waals surface area contributed by atoms with Crippen LogP contribution < -0.4 is 0 Å². The Kier molecular flexibility index (Phi) is 2.03. The normalized spacial score (nSPS) is 20.4. The summed E-state index contributed by atoms with van der Waals surface area (Å²) in [5.74, 6) is 0. The Balaban J connectivity index is 2.25. The van der Waals surface area contributed by atoms with Crippen LogP contribution in [0.3, 0.4) is 0 Å². The van der Waals surface area contributed by atoms with Crippen molar-refractivity contribution in [1.82, 2.24) is 0 Å². The van der Waals surface area contributed by atoms with Crippen LogP contribution in [-0.4, -0.2) is 18.8 Å². The molecule has 1 aliphatic heterocycles. The highest BCUT2D eigenvalue weighted by molar-refractivity contribution is 6.79. The Hall–Kier alpha value is -0.633. The van der Waals surface area contributed by atoms with Gasteiger partial charge in [0.15, 0.2) is 0 Å². The summed E-state index contributed by atoms with van der Waals surface area (Å²) in [6.07, 6.45) is 4.22. The van der Waals surface area contributed by atoms with Gasteiger partial charge in [0.1, 0.15) is 3.96 Å². The van der Waals surface area contributed by atoms with Crippen molar-refractivity contribution in [1.29, 1.82) is 0 Å². The van der Waals surface area contributed by atoms with Crippen LogP contribution >= 0.6 is 23.2 Å². The molecular weight excluding hydrogens is 243 g/mol. The number of rotatable bonds is 0. The van der Waals surface area contributed by atoms with Crippen LogP contribution in [0.25, 0.3) is 11.6 Å². The second kappa shape index (κ2) is 3.18. The quantitative estimate of drug-likeness (QED) is 0.490. The predicted molar refractivity (Wildman–Crippen MR) is 68.7 cm³/mol. The first-order valence-electron chi connectivity index (χ1n) is 4.69. The maximum absolute atomic E-state index is 6.30. The summed E-state index contributed by atoms with van der Waals surface area (Å²) in [5, 5.41) is 0. The zero-order chi connectivity index (χ0) is 10.5.